The summed E-state index contributed by atoms with van der Waals surface area (Å²) in [6.45, 7) is 2.83. The zero-order chi connectivity index (χ0) is 12.5. The van der Waals surface area contributed by atoms with Crippen molar-refractivity contribution in [1.82, 2.24) is 0 Å². The highest BCUT2D eigenvalue weighted by Gasteiger charge is 2.29. The molecule has 16 heavy (non-hydrogen) atoms. The smallest absolute Gasteiger partial charge is 0.309 e. The van der Waals surface area contributed by atoms with E-state index in [0.717, 1.165) is 6.07 Å². The number of rotatable bonds is 3. The molecule has 3 nitrogen and oxygen atoms in total. The second-order valence-electron chi connectivity index (χ2n) is 4.26. The van der Waals surface area contributed by atoms with E-state index in [-0.39, 0.29) is 12.0 Å². The van der Waals surface area contributed by atoms with Gasteiger partial charge in [0.2, 0.25) is 0 Å². The van der Waals surface area contributed by atoms with E-state index in [1.165, 1.54) is 13.8 Å². The molecule has 0 aliphatic rings. The summed E-state index contributed by atoms with van der Waals surface area (Å²) >= 11 is 0. The van der Waals surface area contributed by atoms with E-state index in [1.54, 1.807) is 0 Å². The van der Waals surface area contributed by atoms with Crippen molar-refractivity contribution in [2.45, 2.75) is 20.3 Å². The van der Waals surface area contributed by atoms with Crippen LogP contribution < -0.4 is 0 Å². The molecule has 0 fully saturated rings. The lowest BCUT2D eigenvalue weighted by molar-refractivity contribution is -0.146. The average Bonchev–Trinajstić information content (AvgIpc) is 2.12. The number of carboxylic acid groups (broad SMARTS) is 1. The summed E-state index contributed by atoms with van der Waals surface area (Å²) in [6.07, 6.45) is -0.150. The number of hydrogen-bond acceptors (Lipinski definition) is 2. The van der Waals surface area contributed by atoms with Crippen LogP contribution in [0, 0.1) is 17.0 Å². The van der Waals surface area contributed by atoms with Gasteiger partial charge in [-0.1, -0.05) is 0 Å². The maximum absolute atomic E-state index is 13.0. The van der Waals surface area contributed by atoms with E-state index in [0.29, 0.717) is 6.07 Å². The predicted octanol–water partition coefficient (Wildman–Crippen LogP) is 2.32. The first-order valence-corrected chi connectivity index (χ1v) is 4.64. The van der Waals surface area contributed by atoms with Crippen molar-refractivity contribution in [3.63, 3.8) is 0 Å². The average molecular weight is 230 g/mol. The quantitative estimate of drug-likeness (QED) is 0.837. The maximum atomic E-state index is 13.0. The highest BCUT2D eigenvalue weighted by Crippen LogP contribution is 2.30. The van der Waals surface area contributed by atoms with Gasteiger partial charge in [0.15, 0.2) is 11.6 Å². The number of carboxylic acids is 1. The molecule has 0 aliphatic heterocycles. The SMILES string of the molecule is CC(C)(Cc1cc(F)cc(F)c1O)C(=O)O. The lowest BCUT2D eigenvalue weighted by Gasteiger charge is -2.19. The number of aromatic hydroxyl groups is 1. The van der Waals surface area contributed by atoms with Crippen molar-refractivity contribution < 1.29 is 23.8 Å². The fraction of sp³-hybridized carbons (Fsp3) is 0.364. The summed E-state index contributed by atoms with van der Waals surface area (Å²) in [6, 6.07) is 1.48. The monoisotopic (exact) mass is 230 g/mol. The van der Waals surface area contributed by atoms with Gasteiger partial charge in [-0.15, -0.1) is 0 Å². The third kappa shape index (κ3) is 2.48. The van der Waals surface area contributed by atoms with Gasteiger partial charge in [0.1, 0.15) is 5.82 Å². The summed E-state index contributed by atoms with van der Waals surface area (Å²) in [4.78, 5) is 10.8. The molecular formula is C11H12F2O3. The van der Waals surface area contributed by atoms with Crippen LogP contribution in [0.4, 0.5) is 8.78 Å². The number of phenols is 1. The van der Waals surface area contributed by atoms with Crippen LogP contribution in [0.15, 0.2) is 12.1 Å². The molecule has 0 saturated heterocycles. The van der Waals surface area contributed by atoms with Gasteiger partial charge in [-0.2, -0.15) is 0 Å². The van der Waals surface area contributed by atoms with Crippen molar-refractivity contribution in [1.29, 1.82) is 0 Å². The Kier molecular flexibility index (Phi) is 3.16. The number of hydrogen-bond donors (Lipinski definition) is 2. The van der Waals surface area contributed by atoms with Crippen molar-refractivity contribution in [2.24, 2.45) is 5.41 Å². The Morgan fingerprint density at radius 1 is 1.38 bits per heavy atom. The first kappa shape index (κ1) is 12.4. The molecule has 0 aliphatic carbocycles. The van der Waals surface area contributed by atoms with Crippen molar-refractivity contribution >= 4 is 5.97 Å². The summed E-state index contributed by atoms with van der Waals surface area (Å²) < 4.78 is 25.9. The zero-order valence-corrected chi connectivity index (χ0v) is 8.92. The largest absolute Gasteiger partial charge is 0.505 e. The van der Waals surface area contributed by atoms with Crippen LogP contribution in [-0.4, -0.2) is 16.2 Å². The van der Waals surface area contributed by atoms with E-state index in [2.05, 4.69) is 0 Å². The van der Waals surface area contributed by atoms with Crippen molar-refractivity contribution in [3.8, 4) is 5.75 Å². The molecule has 0 unspecified atom stereocenters. The Bertz CT molecular complexity index is 427. The second-order valence-corrected chi connectivity index (χ2v) is 4.26. The molecule has 0 heterocycles. The molecule has 0 radical (unpaired) electrons. The van der Waals surface area contributed by atoms with Gasteiger partial charge in [0.25, 0.3) is 0 Å². The van der Waals surface area contributed by atoms with Crippen LogP contribution in [0.25, 0.3) is 0 Å². The van der Waals surface area contributed by atoms with Gasteiger partial charge < -0.3 is 10.2 Å². The van der Waals surface area contributed by atoms with E-state index < -0.39 is 28.8 Å². The number of phenolic OH excluding ortho intramolecular Hbond substituents is 1. The predicted molar refractivity (Wildman–Crippen MR) is 53.1 cm³/mol. The van der Waals surface area contributed by atoms with Crippen LogP contribution in [0.1, 0.15) is 19.4 Å². The van der Waals surface area contributed by atoms with Gasteiger partial charge in [-0.25, -0.2) is 8.78 Å². The molecule has 2 N–H and O–H groups in total. The molecule has 0 saturated carbocycles. The Hall–Kier alpha value is -1.65. The lowest BCUT2D eigenvalue weighted by Crippen LogP contribution is -2.26. The van der Waals surface area contributed by atoms with Crippen LogP contribution in [-0.2, 0) is 11.2 Å². The molecule has 0 spiro atoms. The van der Waals surface area contributed by atoms with Gasteiger partial charge in [-0.05, 0) is 26.3 Å². The Morgan fingerprint density at radius 2 is 1.94 bits per heavy atom. The minimum absolute atomic E-state index is 0.0510. The molecule has 1 aromatic rings. The number of aliphatic carboxylic acids is 1. The second kappa shape index (κ2) is 4.08. The van der Waals surface area contributed by atoms with Gasteiger partial charge in [0.05, 0.1) is 5.41 Å². The fourth-order valence-corrected chi connectivity index (χ4v) is 1.31. The van der Waals surface area contributed by atoms with Crippen LogP contribution in [0.2, 0.25) is 0 Å². The minimum Gasteiger partial charge on any atom is -0.505 e. The number of carbonyl (C=O) groups is 1. The fourth-order valence-electron chi connectivity index (χ4n) is 1.31. The maximum Gasteiger partial charge on any atom is 0.309 e. The summed E-state index contributed by atoms with van der Waals surface area (Å²) in [5.41, 5.74) is -1.25. The van der Waals surface area contributed by atoms with Gasteiger partial charge in [0, 0.05) is 11.6 Å². The summed E-state index contributed by atoms with van der Waals surface area (Å²) in [7, 11) is 0. The van der Waals surface area contributed by atoms with E-state index in [4.69, 9.17) is 5.11 Å². The van der Waals surface area contributed by atoms with E-state index in [1.807, 2.05) is 0 Å². The molecule has 0 bridgehead atoms. The van der Waals surface area contributed by atoms with E-state index in [9.17, 15) is 18.7 Å². The number of halogens is 2. The Labute approximate surface area is 91.3 Å². The first-order valence-electron chi connectivity index (χ1n) is 4.64. The molecule has 1 aromatic carbocycles. The summed E-state index contributed by atoms with van der Waals surface area (Å²) in [5, 5.41) is 18.2. The lowest BCUT2D eigenvalue weighted by atomic mass is 9.85. The zero-order valence-electron chi connectivity index (χ0n) is 8.92. The molecule has 0 amide bonds. The first-order chi connectivity index (χ1) is 7.24. The molecule has 5 heteroatoms. The minimum atomic E-state index is -1.20. The Balaban J connectivity index is 3.11. The highest BCUT2D eigenvalue weighted by atomic mass is 19.1. The standard InChI is InChI=1S/C11H12F2O3/c1-11(2,10(15)16)5-6-3-7(12)4-8(13)9(6)14/h3-4,14H,5H2,1-2H3,(H,15,16). The van der Waals surface area contributed by atoms with Crippen LogP contribution in [0.5, 0.6) is 5.75 Å². The van der Waals surface area contributed by atoms with Gasteiger partial charge in [-0.3, -0.25) is 4.79 Å². The van der Waals surface area contributed by atoms with E-state index >= 15 is 0 Å². The molecule has 0 aromatic heterocycles. The van der Waals surface area contributed by atoms with Gasteiger partial charge >= 0.3 is 5.97 Å². The molecule has 0 atom stereocenters. The van der Waals surface area contributed by atoms with Crippen LogP contribution >= 0.6 is 0 Å². The highest BCUT2D eigenvalue weighted by molar-refractivity contribution is 5.74. The molecule has 88 valence electrons. The van der Waals surface area contributed by atoms with Crippen molar-refractivity contribution in [3.05, 3.63) is 29.3 Å². The third-order valence-corrected chi connectivity index (χ3v) is 2.32. The molecular weight excluding hydrogens is 218 g/mol. The Morgan fingerprint density at radius 3 is 2.44 bits per heavy atom. The van der Waals surface area contributed by atoms with Crippen molar-refractivity contribution in [2.75, 3.05) is 0 Å². The summed E-state index contributed by atoms with van der Waals surface area (Å²) in [5.74, 6) is -3.73. The van der Waals surface area contributed by atoms with Crippen LogP contribution in [0.3, 0.4) is 0 Å². The number of benzene rings is 1. The molecule has 1 rings (SSSR count). The normalized spacial score (nSPS) is 11.5. The third-order valence-electron chi connectivity index (χ3n) is 2.32. The topological polar surface area (TPSA) is 57.5 Å².